The summed E-state index contributed by atoms with van der Waals surface area (Å²) in [4.78, 5) is 24.2. The SMILES string of the molecule is CCNC(=O)[C@H](C)OC(=O)CCSc1ccc(C)c(C)c1. The van der Waals surface area contributed by atoms with Crippen molar-refractivity contribution in [3.8, 4) is 0 Å². The zero-order chi connectivity index (χ0) is 15.8. The number of thioether (sulfide) groups is 1. The molecular weight excluding hydrogens is 286 g/mol. The molecule has 0 radical (unpaired) electrons. The van der Waals surface area contributed by atoms with Crippen LogP contribution in [0.4, 0.5) is 0 Å². The molecule has 5 heteroatoms. The lowest BCUT2D eigenvalue weighted by Gasteiger charge is -2.12. The lowest BCUT2D eigenvalue weighted by atomic mass is 10.1. The summed E-state index contributed by atoms with van der Waals surface area (Å²) in [6, 6.07) is 6.24. The van der Waals surface area contributed by atoms with Crippen LogP contribution >= 0.6 is 11.8 Å². The summed E-state index contributed by atoms with van der Waals surface area (Å²) >= 11 is 1.62. The van der Waals surface area contributed by atoms with E-state index in [-0.39, 0.29) is 11.9 Å². The second kappa shape index (κ2) is 8.72. The van der Waals surface area contributed by atoms with Crippen LogP contribution in [0, 0.1) is 13.8 Å². The van der Waals surface area contributed by atoms with Gasteiger partial charge in [0.2, 0.25) is 0 Å². The smallest absolute Gasteiger partial charge is 0.307 e. The van der Waals surface area contributed by atoms with Crippen molar-refractivity contribution in [2.45, 2.75) is 45.1 Å². The zero-order valence-electron chi connectivity index (χ0n) is 13.1. The zero-order valence-corrected chi connectivity index (χ0v) is 13.9. The number of ether oxygens (including phenoxy) is 1. The summed E-state index contributed by atoms with van der Waals surface area (Å²) in [5, 5.41) is 2.62. The number of likely N-dealkylation sites (N-methyl/N-ethyl adjacent to an activating group) is 1. The first kappa shape index (κ1) is 17.6. The van der Waals surface area contributed by atoms with Crippen molar-refractivity contribution >= 4 is 23.6 Å². The van der Waals surface area contributed by atoms with Crippen molar-refractivity contribution in [2.75, 3.05) is 12.3 Å². The van der Waals surface area contributed by atoms with E-state index < -0.39 is 6.10 Å². The molecule has 1 amide bonds. The Kier molecular flexibility index (Phi) is 7.29. The van der Waals surface area contributed by atoms with Crippen molar-refractivity contribution in [3.63, 3.8) is 0 Å². The third-order valence-electron chi connectivity index (χ3n) is 3.08. The Hall–Kier alpha value is -1.49. The molecule has 0 aliphatic heterocycles. The highest BCUT2D eigenvalue weighted by atomic mass is 32.2. The molecule has 0 saturated carbocycles. The predicted molar refractivity (Wildman–Crippen MR) is 85.5 cm³/mol. The molecule has 0 saturated heterocycles. The standard InChI is InChI=1S/C16H23NO3S/c1-5-17-16(19)13(4)20-15(18)8-9-21-14-7-6-11(2)12(3)10-14/h6-7,10,13H,5,8-9H2,1-4H3,(H,17,19)/t13-/m0/s1. The lowest BCUT2D eigenvalue weighted by molar-refractivity contribution is -0.154. The molecule has 116 valence electrons. The van der Waals surface area contributed by atoms with E-state index in [1.165, 1.54) is 11.1 Å². The summed E-state index contributed by atoms with van der Waals surface area (Å²) in [5.41, 5.74) is 2.50. The van der Waals surface area contributed by atoms with E-state index in [1.807, 2.05) is 6.92 Å². The number of aryl methyl sites for hydroxylation is 2. The van der Waals surface area contributed by atoms with Crippen molar-refractivity contribution < 1.29 is 14.3 Å². The Morgan fingerprint density at radius 3 is 2.62 bits per heavy atom. The van der Waals surface area contributed by atoms with Gasteiger partial charge >= 0.3 is 5.97 Å². The van der Waals surface area contributed by atoms with Crippen LogP contribution in [-0.4, -0.2) is 30.3 Å². The molecular formula is C16H23NO3S. The van der Waals surface area contributed by atoms with Gasteiger partial charge in [-0.15, -0.1) is 11.8 Å². The summed E-state index contributed by atoms with van der Waals surface area (Å²) < 4.78 is 5.08. The molecule has 1 aromatic carbocycles. The Morgan fingerprint density at radius 2 is 2.00 bits per heavy atom. The third kappa shape index (κ3) is 6.21. The summed E-state index contributed by atoms with van der Waals surface area (Å²) in [5.74, 6) is 0.0430. The van der Waals surface area contributed by atoms with Crippen molar-refractivity contribution in [1.82, 2.24) is 5.32 Å². The van der Waals surface area contributed by atoms with Gasteiger partial charge in [-0.3, -0.25) is 9.59 Å². The van der Waals surface area contributed by atoms with Gasteiger partial charge in [-0.1, -0.05) is 6.07 Å². The number of amides is 1. The Balaban J connectivity index is 2.33. The third-order valence-corrected chi connectivity index (χ3v) is 4.08. The maximum Gasteiger partial charge on any atom is 0.307 e. The number of carbonyl (C=O) groups excluding carboxylic acids is 2. The minimum absolute atomic E-state index is 0.257. The lowest BCUT2D eigenvalue weighted by Crippen LogP contribution is -2.35. The van der Waals surface area contributed by atoms with Gasteiger partial charge < -0.3 is 10.1 Å². The Bertz CT molecular complexity index is 502. The van der Waals surface area contributed by atoms with Crippen molar-refractivity contribution in [2.24, 2.45) is 0 Å². The normalized spacial score (nSPS) is 11.8. The van der Waals surface area contributed by atoms with Crippen LogP contribution < -0.4 is 5.32 Å². The number of hydrogen-bond donors (Lipinski definition) is 1. The first-order chi connectivity index (χ1) is 9.93. The molecule has 1 atom stereocenters. The second-order valence-electron chi connectivity index (χ2n) is 4.87. The van der Waals surface area contributed by atoms with Crippen LogP contribution in [0.15, 0.2) is 23.1 Å². The second-order valence-corrected chi connectivity index (χ2v) is 6.04. The van der Waals surface area contributed by atoms with Gasteiger partial charge in [-0.05, 0) is 51.0 Å². The summed E-state index contributed by atoms with van der Waals surface area (Å²) in [6.07, 6.45) is -0.439. The fourth-order valence-corrected chi connectivity index (χ4v) is 2.61. The molecule has 1 rings (SSSR count). The number of carbonyl (C=O) groups is 2. The van der Waals surface area contributed by atoms with Crippen LogP contribution in [0.1, 0.15) is 31.4 Å². The molecule has 0 bridgehead atoms. The summed E-state index contributed by atoms with van der Waals surface area (Å²) in [7, 11) is 0. The number of hydrogen-bond acceptors (Lipinski definition) is 4. The van der Waals surface area contributed by atoms with Gasteiger partial charge in [-0.2, -0.15) is 0 Å². The van der Waals surface area contributed by atoms with Gasteiger partial charge in [0.05, 0.1) is 6.42 Å². The molecule has 1 N–H and O–H groups in total. The molecule has 0 fully saturated rings. The van der Waals surface area contributed by atoms with Crippen molar-refractivity contribution in [1.29, 1.82) is 0 Å². The number of esters is 1. The van der Waals surface area contributed by atoms with Gasteiger partial charge in [0.1, 0.15) is 0 Å². The van der Waals surface area contributed by atoms with Gasteiger partial charge in [0, 0.05) is 17.2 Å². The number of benzene rings is 1. The average molecular weight is 309 g/mol. The van der Waals surface area contributed by atoms with E-state index >= 15 is 0 Å². The highest BCUT2D eigenvalue weighted by molar-refractivity contribution is 7.99. The molecule has 4 nitrogen and oxygen atoms in total. The van der Waals surface area contributed by atoms with Crippen LogP contribution in [0.2, 0.25) is 0 Å². The Morgan fingerprint density at radius 1 is 1.29 bits per heavy atom. The topological polar surface area (TPSA) is 55.4 Å². The number of nitrogens with one attached hydrogen (secondary N) is 1. The van der Waals surface area contributed by atoms with Crippen LogP contribution in [-0.2, 0) is 14.3 Å². The van der Waals surface area contributed by atoms with E-state index in [4.69, 9.17) is 4.74 Å². The van der Waals surface area contributed by atoms with Gasteiger partial charge in [0.25, 0.3) is 5.91 Å². The monoisotopic (exact) mass is 309 g/mol. The fraction of sp³-hybridized carbons (Fsp3) is 0.500. The maximum absolute atomic E-state index is 11.7. The predicted octanol–water partition coefficient (Wildman–Crippen LogP) is 2.85. The highest BCUT2D eigenvalue weighted by Gasteiger charge is 2.16. The fourth-order valence-electron chi connectivity index (χ4n) is 1.68. The molecule has 0 aliphatic carbocycles. The molecule has 21 heavy (non-hydrogen) atoms. The van der Waals surface area contributed by atoms with E-state index in [2.05, 4.69) is 37.4 Å². The molecule has 0 aliphatic rings. The summed E-state index contributed by atoms with van der Waals surface area (Å²) in [6.45, 7) is 8.08. The van der Waals surface area contributed by atoms with Gasteiger partial charge in [0.15, 0.2) is 6.10 Å². The molecule has 0 aromatic heterocycles. The minimum atomic E-state index is -0.732. The van der Waals surface area contributed by atoms with Crippen LogP contribution in [0.25, 0.3) is 0 Å². The van der Waals surface area contributed by atoms with Gasteiger partial charge in [-0.25, -0.2) is 0 Å². The largest absolute Gasteiger partial charge is 0.453 e. The quantitative estimate of drug-likeness (QED) is 0.621. The van der Waals surface area contributed by atoms with Crippen LogP contribution in [0.3, 0.4) is 0 Å². The highest BCUT2D eigenvalue weighted by Crippen LogP contribution is 2.21. The van der Waals surface area contributed by atoms with E-state index in [0.29, 0.717) is 18.7 Å². The van der Waals surface area contributed by atoms with E-state index in [0.717, 1.165) is 4.90 Å². The average Bonchev–Trinajstić information content (AvgIpc) is 2.43. The molecule has 0 unspecified atom stereocenters. The van der Waals surface area contributed by atoms with Crippen molar-refractivity contribution in [3.05, 3.63) is 29.3 Å². The Labute approximate surface area is 130 Å². The van der Waals surface area contributed by atoms with E-state index in [1.54, 1.807) is 18.7 Å². The maximum atomic E-state index is 11.7. The first-order valence-electron chi connectivity index (χ1n) is 7.11. The molecule has 0 spiro atoms. The minimum Gasteiger partial charge on any atom is -0.453 e. The van der Waals surface area contributed by atoms with Crippen LogP contribution in [0.5, 0.6) is 0 Å². The molecule has 0 heterocycles. The van der Waals surface area contributed by atoms with E-state index in [9.17, 15) is 9.59 Å². The first-order valence-corrected chi connectivity index (χ1v) is 8.09. The number of rotatable bonds is 7. The molecule has 1 aromatic rings.